The minimum atomic E-state index is 0.560. The van der Waals surface area contributed by atoms with E-state index in [0.29, 0.717) is 17.5 Å². The summed E-state index contributed by atoms with van der Waals surface area (Å²) in [5.41, 5.74) is 9.47. The molecule has 78 heavy (non-hydrogen) atoms. The molecule has 5 heteroatoms. The molecule has 17 rings (SSSR count). The van der Waals surface area contributed by atoms with Gasteiger partial charge in [0.1, 0.15) is 11.2 Å². The van der Waals surface area contributed by atoms with Gasteiger partial charge in [0.15, 0.2) is 17.5 Å². The highest BCUT2D eigenvalue weighted by Crippen LogP contribution is 2.44. The molecule has 360 valence electrons. The van der Waals surface area contributed by atoms with Gasteiger partial charge in [-0.05, 0) is 136 Å². The van der Waals surface area contributed by atoms with Gasteiger partial charge in [0.05, 0.1) is 11.0 Å². The molecule has 0 unspecified atom stereocenters. The second-order valence-corrected chi connectivity index (χ2v) is 20.6. The van der Waals surface area contributed by atoms with Crippen LogP contribution in [0, 0.1) is 0 Å². The highest BCUT2D eigenvalue weighted by atomic mass is 16.3. The third-order valence-corrected chi connectivity index (χ3v) is 16.4. The van der Waals surface area contributed by atoms with Gasteiger partial charge in [-0.3, -0.25) is 0 Å². The maximum Gasteiger partial charge on any atom is 0.164 e. The topological polar surface area (TPSA) is 56.7 Å². The lowest BCUT2D eigenvalue weighted by atomic mass is 9.93. The van der Waals surface area contributed by atoms with Crippen molar-refractivity contribution in [1.29, 1.82) is 0 Å². The lowest BCUT2D eigenvalue weighted by Gasteiger charge is -2.16. The monoisotopic (exact) mass is 990 g/mol. The van der Waals surface area contributed by atoms with Crippen LogP contribution in [0.2, 0.25) is 0 Å². The van der Waals surface area contributed by atoms with E-state index in [1.807, 2.05) is 6.07 Å². The minimum Gasteiger partial charge on any atom is -0.455 e. The molecule has 0 radical (unpaired) electrons. The van der Waals surface area contributed by atoms with Gasteiger partial charge in [-0.15, -0.1) is 0 Å². The van der Waals surface area contributed by atoms with Crippen LogP contribution in [-0.2, 0) is 0 Å². The van der Waals surface area contributed by atoms with Crippen molar-refractivity contribution in [1.82, 2.24) is 19.5 Å². The van der Waals surface area contributed by atoms with E-state index in [-0.39, 0.29) is 0 Å². The Labute approximate surface area is 446 Å². The maximum atomic E-state index is 6.89. The minimum absolute atomic E-state index is 0.560. The van der Waals surface area contributed by atoms with E-state index in [2.05, 4.69) is 253 Å². The van der Waals surface area contributed by atoms with Crippen LogP contribution in [0.25, 0.3) is 170 Å². The fourth-order valence-electron chi connectivity index (χ4n) is 12.8. The molecule has 3 heterocycles. The SMILES string of the molecule is c1ccc2cc3c(cc2c1)c1ccccc1n3-c1ccc(-c2nc(-c3ccc4c5ccccc5c5ccccc5c4c3)nc(-c3ccc4c5ccccc5c5ccccc5c4c3)n2)c(-c2cccc3c2oc2ccccc23)c1. The van der Waals surface area contributed by atoms with E-state index in [4.69, 9.17) is 19.4 Å². The lowest BCUT2D eigenvalue weighted by molar-refractivity contribution is 0.670. The van der Waals surface area contributed by atoms with Gasteiger partial charge in [0.2, 0.25) is 0 Å². The molecule has 0 saturated heterocycles. The zero-order chi connectivity index (χ0) is 51.0. The molecule has 17 aromatic rings. The predicted molar refractivity (Wildman–Crippen MR) is 326 cm³/mol. The van der Waals surface area contributed by atoms with E-state index in [1.54, 1.807) is 0 Å². The van der Waals surface area contributed by atoms with Crippen LogP contribution < -0.4 is 0 Å². The third kappa shape index (κ3) is 6.33. The number of rotatable bonds is 5. The van der Waals surface area contributed by atoms with Crippen LogP contribution in [0.4, 0.5) is 0 Å². The summed E-state index contributed by atoms with van der Waals surface area (Å²) in [6, 6.07) is 91.7. The molecule has 0 spiro atoms. The van der Waals surface area contributed by atoms with Crippen LogP contribution in [0.3, 0.4) is 0 Å². The number of furan rings is 1. The van der Waals surface area contributed by atoms with Crippen molar-refractivity contribution in [3.63, 3.8) is 0 Å². The van der Waals surface area contributed by atoms with Crippen LogP contribution in [0.15, 0.2) is 259 Å². The molecule has 0 bridgehead atoms. The summed E-state index contributed by atoms with van der Waals surface area (Å²) in [6.07, 6.45) is 0. The number of aromatic nitrogens is 4. The standard InChI is InChI=1S/C73H42N4O/c1-2-17-44-41-68-66(38-43(44)16-1)58-26-11-13-30-67(58)77(68)47-34-37-62(65(42-47)61-29-15-28-60-59-27-12-14-31-69(59)78-70(60)61)73-75-71(45-32-35-56-52-22-5-3-18-48(52)50-20-7-9-24-54(50)63(56)39-45)74-72(76-73)46-33-36-57-53-23-6-4-19-49(53)51-21-8-10-25-55(51)64(57)40-46/h1-42H. The average molecular weight is 991 g/mol. The smallest absolute Gasteiger partial charge is 0.164 e. The Bertz CT molecular complexity index is 5170. The summed E-state index contributed by atoms with van der Waals surface area (Å²) < 4.78 is 9.29. The van der Waals surface area contributed by atoms with Gasteiger partial charge in [0.25, 0.3) is 0 Å². The summed E-state index contributed by atoms with van der Waals surface area (Å²) in [5.74, 6) is 1.73. The number of fused-ring (bicyclic) bond motifs is 19. The predicted octanol–water partition coefficient (Wildman–Crippen LogP) is 19.6. The van der Waals surface area contributed by atoms with Gasteiger partial charge in [-0.1, -0.05) is 200 Å². The molecule has 0 amide bonds. The van der Waals surface area contributed by atoms with Crippen molar-refractivity contribution >= 4 is 119 Å². The number of para-hydroxylation sites is 3. The molecule has 0 atom stereocenters. The zero-order valence-corrected chi connectivity index (χ0v) is 41.9. The Kier molecular flexibility index (Phi) is 9.06. The average Bonchev–Trinajstić information content (AvgIpc) is 4.23. The number of benzene rings is 14. The number of hydrogen-bond acceptors (Lipinski definition) is 4. The van der Waals surface area contributed by atoms with Crippen molar-refractivity contribution in [2.75, 3.05) is 0 Å². The first-order valence-electron chi connectivity index (χ1n) is 26.6. The fraction of sp³-hybridized carbons (Fsp3) is 0. The molecule has 3 aromatic heterocycles. The first kappa shape index (κ1) is 42.8. The Morgan fingerprint density at radius 1 is 0.256 bits per heavy atom. The van der Waals surface area contributed by atoms with Gasteiger partial charge in [0, 0.05) is 49.5 Å². The van der Waals surface area contributed by atoms with Crippen LogP contribution in [-0.4, -0.2) is 19.5 Å². The van der Waals surface area contributed by atoms with Crippen LogP contribution in [0.5, 0.6) is 0 Å². The van der Waals surface area contributed by atoms with Crippen molar-refractivity contribution in [2.24, 2.45) is 0 Å². The molecule has 0 aliphatic rings. The molecule has 0 saturated carbocycles. The van der Waals surface area contributed by atoms with E-state index in [1.165, 1.54) is 75.4 Å². The van der Waals surface area contributed by atoms with Gasteiger partial charge in [-0.25, -0.2) is 15.0 Å². The van der Waals surface area contributed by atoms with Crippen molar-refractivity contribution < 1.29 is 4.42 Å². The second kappa shape index (κ2) is 16.5. The van der Waals surface area contributed by atoms with E-state index in [0.717, 1.165) is 77.2 Å². The first-order chi connectivity index (χ1) is 38.7. The number of hydrogen-bond donors (Lipinski definition) is 0. The normalized spacial score (nSPS) is 12.1. The van der Waals surface area contributed by atoms with E-state index < -0.39 is 0 Å². The van der Waals surface area contributed by atoms with Crippen LogP contribution >= 0.6 is 0 Å². The Morgan fingerprint density at radius 3 is 1.31 bits per heavy atom. The summed E-state index contributed by atoms with van der Waals surface area (Å²) in [4.78, 5) is 16.6. The second-order valence-electron chi connectivity index (χ2n) is 20.6. The van der Waals surface area contributed by atoms with E-state index in [9.17, 15) is 0 Å². The Balaban J connectivity index is 0.959. The zero-order valence-electron chi connectivity index (χ0n) is 41.9. The largest absolute Gasteiger partial charge is 0.455 e. The maximum absolute atomic E-state index is 6.89. The molecular weight excluding hydrogens is 949 g/mol. The van der Waals surface area contributed by atoms with Crippen molar-refractivity contribution in [3.8, 4) is 51.0 Å². The van der Waals surface area contributed by atoms with E-state index >= 15 is 0 Å². The summed E-state index contributed by atoms with van der Waals surface area (Å²) in [5, 5.41) is 21.3. The first-order valence-corrected chi connectivity index (χ1v) is 26.6. The van der Waals surface area contributed by atoms with Crippen molar-refractivity contribution in [3.05, 3.63) is 255 Å². The molecular formula is C73H42N4O. The summed E-state index contributed by atoms with van der Waals surface area (Å²) in [6.45, 7) is 0. The lowest BCUT2D eigenvalue weighted by Crippen LogP contribution is -2.02. The molecule has 14 aromatic carbocycles. The highest BCUT2D eigenvalue weighted by molar-refractivity contribution is 6.27. The molecule has 5 nitrogen and oxygen atoms in total. The third-order valence-electron chi connectivity index (χ3n) is 16.4. The fourth-order valence-corrected chi connectivity index (χ4v) is 12.8. The van der Waals surface area contributed by atoms with Gasteiger partial charge in [-0.2, -0.15) is 0 Å². The molecule has 0 aliphatic carbocycles. The van der Waals surface area contributed by atoms with Gasteiger partial charge >= 0.3 is 0 Å². The summed E-state index contributed by atoms with van der Waals surface area (Å²) >= 11 is 0. The Morgan fingerprint density at radius 2 is 0.718 bits per heavy atom. The molecule has 0 fully saturated rings. The number of nitrogens with zero attached hydrogens (tertiary/aromatic N) is 4. The highest BCUT2D eigenvalue weighted by Gasteiger charge is 2.23. The van der Waals surface area contributed by atoms with Crippen LogP contribution in [0.1, 0.15) is 0 Å². The van der Waals surface area contributed by atoms with Crippen molar-refractivity contribution in [2.45, 2.75) is 0 Å². The van der Waals surface area contributed by atoms with Gasteiger partial charge < -0.3 is 8.98 Å². The Hall–Kier alpha value is -10.5. The quantitative estimate of drug-likeness (QED) is 0.161. The molecule has 0 aliphatic heterocycles. The molecule has 0 N–H and O–H groups in total. The summed E-state index contributed by atoms with van der Waals surface area (Å²) in [7, 11) is 0.